The Kier molecular flexibility index (Phi) is 4.74. The van der Waals surface area contributed by atoms with E-state index < -0.39 is 0 Å². The molecule has 4 rings (SSSR count). The van der Waals surface area contributed by atoms with Crippen LogP contribution in [-0.2, 0) is 0 Å². The van der Waals surface area contributed by atoms with Crippen molar-refractivity contribution in [3.8, 4) is 0 Å². The number of aryl methyl sites for hydroxylation is 1. The third-order valence-electron chi connectivity index (χ3n) is 4.86. The van der Waals surface area contributed by atoms with Crippen LogP contribution in [0.15, 0.2) is 28.9 Å². The highest BCUT2D eigenvalue weighted by atomic mass is 79.9. The van der Waals surface area contributed by atoms with Crippen molar-refractivity contribution in [1.82, 2.24) is 15.0 Å². The highest BCUT2D eigenvalue weighted by Gasteiger charge is 2.22. The largest absolute Gasteiger partial charge is 0.353 e. The molecule has 0 aromatic carbocycles. The number of hydrogen-bond acceptors (Lipinski definition) is 6. The monoisotopic (exact) mass is 402 g/mol. The van der Waals surface area contributed by atoms with E-state index in [-0.39, 0.29) is 0 Å². The molecule has 4 heterocycles. The Morgan fingerprint density at radius 3 is 2.16 bits per heavy atom. The number of piperazine rings is 1. The van der Waals surface area contributed by atoms with Crippen molar-refractivity contribution >= 4 is 33.5 Å². The number of aromatic nitrogens is 3. The molecule has 2 aliphatic heterocycles. The van der Waals surface area contributed by atoms with E-state index in [2.05, 4.69) is 59.7 Å². The van der Waals surface area contributed by atoms with Crippen molar-refractivity contribution in [3.05, 3.63) is 34.6 Å². The number of anilines is 3. The molecule has 0 atom stereocenters. The van der Waals surface area contributed by atoms with Gasteiger partial charge in [-0.3, -0.25) is 0 Å². The molecule has 132 valence electrons. The van der Waals surface area contributed by atoms with Gasteiger partial charge < -0.3 is 14.7 Å². The quantitative estimate of drug-likeness (QED) is 0.786. The van der Waals surface area contributed by atoms with Gasteiger partial charge in [-0.25, -0.2) is 9.97 Å². The number of nitrogens with zero attached hydrogens (tertiary/aromatic N) is 6. The maximum Gasteiger partial charge on any atom is 0.227 e. The summed E-state index contributed by atoms with van der Waals surface area (Å²) in [6, 6.07) is 6.22. The van der Waals surface area contributed by atoms with Crippen molar-refractivity contribution in [1.29, 1.82) is 0 Å². The molecule has 2 aromatic rings. The van der Waals surface area contributed by atoms with Gasteiger partial charge in [-0.05, 0) is 47.8 Å². The molecule has 2 aliphatic rings. The van der Waals surface area contributed by atoms with Crippen molar-refractivity contribution in [2.24, 2.45) is 0 Å². The average molecular weight is 403 g/mol. The first-order chi connectivity index (χ1) is 12.2. The zero-order valence-electron chi connectivity index (χ0n) is 14.5. The van der Waals surface area contributed by atoms with E-state index in [1.807, 2.05) is 12.3 Å². The summed E-state index contributed by atoms with van der Waals surface area (Å²) in [7, 11) is 0. The molecule has 6 nitrogen and oxygen atoms in total. The molecule has 0 bridgehead atoms. The lowest BCUT2D eigenvalue weighted by atomic mass is 10.3. The SMILES string of the molecule is Cc1cc(N2CCN(c3ccc(Br)cn3)CC2)nc(N2CCCC2)n1. The Labute approximate surface area is 157 Å². The van der Waals surface area contributed by atoms with Crippen LogP contribution in [0.3, 0.4) is 0 Å². The standard InChI is InChI=1S/C18H23BrN6/c1-14-12-17(22-18(21-14)25-6-2-3-7-25)24-10-8-23(9-11-24)16-5-4-15(19)13-20-16/h4-5,12-13H,2-3,6-11H2,1H3. The van der Waals surface area contributed by atoms with Gasteiger partial charge in [0.15, 0.2) is 0 Å². The molecule has 2 saturated heterocycles. The van der Waals surface area contributed by atoms with Gasteiger partial charge in [0.2, 0.25) is 5.95 Å². The van der Waals surface area contributed by atoms with E-state index in [0.717, 1.165) is 67.0 Å². The first-order valence-electron chi connectivity index (χ1n) is 8.91. The summed E-state index contributed by atoms with van der Waals surface area (Å²) in [6.07, 6.45) is 4.34. The van der Waals surface area contributed by atoms with E-state index in [4.69, 9.17) is 4.98 Å². The number of halogens is 1. The summed E-state index contributed by atoms with van der Waals surface area (Å²) in [5.74, 6) is 2.99. The van der Waals surface area contributed by atoms with Crippen LogP contribution < -0.4 is 14.7 Å². The van der Waals surface area contributed by atoms with Gasteiger partial charge in [0.25, 0.3) is 0 Å². The van der Waals surface area contributed by atoms with Gasteiger partial charge in [-0.1, -0.05) is 0 Å². The zero-order chi connectivity index (χ0) is 17.2. The van der Waals surface area contributed by atoms with Crippen LogP contribution in [0.2, 0.25) is 0 Å². The lowest BCUT2D eigenvalue weighted by Gasteiger charge is -2.36. The summed E-state index contributed by atoms with van der Waals surface area (Å²) >= 11 is 3.44. The van der Waals surface area contributed by atoms with Crippen molar-refractivity contribution in [3.63, 3.8) is 0 Å². The maximum absolute atomic E-state index is 4.85. The van der Waals surface area contributed by atoms with Gasteiger partial charge in [-0.2, -0.15) is 4.98 Å². The minimum atomic E-state index is 0.893. The number of hydrogen-bond donors (Lipinski definition) is 0. The van der Waals surface area contributed by atoms with Gasteiger partial charge in [0.05, 0.1) is 0 Å². The average Bonchev–Trinajstić information content (AvgIpc) is 3.17. The fraction of sp³-hybridized carbons (Fsp3) is 0.500. The van der Waals surface area contributed by atoms with Gasteiger partial charge in [0, 0.05) is 61.7 Å². The fourth-order valence-electron chi connectivity index (χ4n) is 3.48. The van der Waals surface area contributed by atoms with Crippen LogP contribution in [-0.4, -0.2) is 54.2 Å². The third-order valence-corrected chi connectivity index (χ3v) is 5.33. The predicted octanol–water partition coefficient (Wildman–Crippen LogP) is 2.87. The van der Waals surface area contributed by atoms with Crippen LogP contribution in [0.5, 0.6) is 0 Å². The topological polar surface area (TPSA) is 48.4 Å². The second kappa shape index (κ2) is 7.15. The van der Waals surface area contributed by atoms with Crippen LogP contribution in [0.4, 0.5) is 17.6 Å². The molecular weight excluding hydrogens is 380 g/mol. The number of pyridine rings is 1. The first-order valence-corrected chi connectivity index (χ1v) is 9.70. The Balaban J connectivity index is 1.46. The highest BCUT2D eigenvalue weighted by Crippen LogP contribution is 2.23. The van der Waals surface area contributed by atoms with Gasteiger partial charge in [0.1, 0.15) is 11.6 Å². The molecule has 0 spiro atoms. The Morgan fingerprint density at radius 1 is 0.840 bits per heavy atom. The first kappa shape index (κ1) is 16.6. The predicted molar refractivity (Wildman–Crippen MR) is 105 cm³/mol. The zero-order valence-corrected chi connectivity index (χ0v) is 16.1. The smallest absolute Gasteiger partial charge is 0.227 e. The van der Waals surface area contributed by atoms with E-state index in [0.29, 0.717) is 0 Å². The second-order valence-electron chi connectivity index (χ2n) is 6.67. The molecule has 0 amide bonds. The number of rotatable bonds is 3. The molecule has 2 aromatic heterocycles. The van der Waals surface area contributed by atoms with E-state index >= 15 is 0 Å². The minimum absolute atomic E-state index is 0.893. The summed E-state index contributed by atoms with van der Waals surface area (Å²) < 4.78 is 1.01. The van der Waals surface area contributed by atoms with Gasteiger partial charge in [-0.15, -0.1) is 0 Å². The Hall–Kier alpha value is -1.89. The van der Waals surface area contributed by atoms with Gasteiger partial charge >= 0.3 is 0 Å². The summed E-state index contributed by atoms with van der Waals surface area (Å²) in [5, 5.41) is 0. The molecule has 0 N–H and O–H groups in total. The van der Waals surface area contributed by atoms with E-state index in [1.165, 1.54) is 12.8 Å². The molecule has 0 unspecified atom stereocenters. The van der Waals surface area contributed by atoms with E-state index in [9.17, 15) is 0 Å². The molecular formula is C18H23BrN6. The summed E-state index contributed by atoms with van der Waals surface area (Å²) in [4.78, 5) is 21.0. The van der Waals surface area contributed by atoms with Crippen LogP contribution in [0.25, 0.3) is 0 Å². The summed E-state index contributed by atoms with van der Waals surface area (Å²) in [6.45, 7) is 8.03. The molecule has 2 fully saturated rings. The molecule has 0 saturated carbocycles. The minimum Gasteiger partial charge on any atom is -0.353 e. The molecule has 0 radical (unpaired) electrons. The maximum atomic E-state index is 4.85. The third kappa shape index (κ3) is 3.71. The van der Waals surface area contributed by atoms with Crippen LogP contribution in [0, 0.1) is 6.92 Å². The second-order valence-corrected chi connectivity index (χ2v) is 7.59. The summed E-state index contributed by atoms with van der Waals surface area (Å²) in [5.41, 5.74) is 1.05. The van der Waals surface area contributed by atoms with Crippen molar-refractivity contribution in [2.45, 2.75) is 19.8 Å². The van der Waals surface area contributed by atoms with Crippen LogP contribution >= 0.6 is 15.9 Å². The molecule has 0 aliphatic carbocycles. The highest BCUT2D eigenvalue weighted by molar-refractivity contribution is 9.10. The molecule has 25 heavy (non-hydrogen) atoms. The Morgan fingerprint density at radius 2 is 1.52 bits per heavy atom. The lowest BCUT2D eigenvalue weighted by molar-refractivity contribution is 0.640. The molecule has 7 heteroatoms. The lowest BCUT2D eigenvalue weighted by Crippen LogP contribution is -2.47. The Bertz CT molecular complexity index is 721. The van der Waals surface area contributed by atoms with Crippen molar-refractivity contribution in [2.75, 3.05) is 54.0 Å². The van der Waals surface area contributed by atoms with E-state index in [1.54, 1.807) is 0 Å². The van der Waals surface area contributed by atoms with Crippen LogP contribution in [0.1, 0.15) is 18.5 Å². The fourth-order valence-corrected chi connectivity index (χ4v) is 3.71. The van der Waals surface area contributed by atoms with Crippen molar-refractivity contribution < 1.29 is 0 Å². The normalized spacial score (nSPS) is 18.1.